The van der Waals surface area contributed by atoms with Gasteiger partial charge in [0.2, 0.25) is 0 Å². The Kier molecular flexibility index (Phi) is 3.62. The first-order chi connectivity index (χ1) is 8.76. The van der Waals surface area contributed by atoms with Crippen molar-refractivity contribution >= 4 is 11.7 Å². The number of hydrogen-bond donors (Lipinski definition) is 2. The zero-order valence-corrected chi connectivity index (χ0v) is 10.5. The van der Waals surface area contributed by atoms with Crippen molar-refractivity contribution < 1.29 is 4.79 Å². The fraction of sp³-hybridized carbons (Fsp3) is 0.231. The Bertz CT molecular complexity index is 533. The Labute approximate surface area is 106 Å². The molecule has 2 rings (SSSR count). The lowest BCUT2D eigenvalue weighted by atomic mass is 10.2. The number of benzene rings is 1. The number of amides is 1. The molecule has 0 radical (unpaired) electrons. The fourth-order valence-corrected chi connectivity index (χ4v) is 1.82. The molecule has 2 N–H and O–H groups in total. The van der Waals surface area contributed by atoms with Crippen LogP contribution in [0.1, 0.15) is 16.1 Å². The van der Waals surface area contributed by atoms with Crippen LogP contribution in [0, 0.1) is 0 Å². The lowest BCUT2D eigenvalue weighted by Crippen LogP contribution is -2.23. The summed E-state index contributed by atoms with van der Waals surface area (Å²) >= 11 is 0. The van der Waals surface area contributed by atoms with Crippen LogP contribution in [0.5, 0.6) is 0 Å². The summed E-state index contributed by atoms with van der Waals surface area (Å²) in [5, 5.41) is 5.55. The molecule has 0 aliphatic carbocycles. The summed E-state index contributed by atoms with van der Waals surface area (Å²) in [6, 6.07) is 9.96. The van der Waals surface area contributed by atoms with E-state index in [1.807, 2.05) is 34.9 Å². The van der Waals surface area contributed by atoms with E-state index in [2.05, 4.69) is 15.6 Å². The number of carbonyl (C=O) groups excluding carboxylic acids is 1. The van der Waals surface area contributed by atoms with Crippen molar-refractivity contribution in [2.24, 2.45) is 0 Å². The predicted molar refractivity (Wildman–Crippen MR) is 70.7 cm³/mol. The Morgan fingerprint density at radius 2 is 2.00 bits per heavy atom. The van der Waals surface area contributed by atoms with Crippen LogP contribution in [-0.4, -0.2) is 29.6 Å². The molecule has 0 saturated heterocycles. The van der Waals surface area contributed by atoms with Gasteiger partial charge in [0.1, 0.15) is 0 Å². The van der Waals surface area contributed by atoms with E-state index in [0.717, 1.165) is 5.56 Å². The third-order valence-electron chi connectivity index (χ3n) is 2.71. The van der Waals surface area contributed by atoms with Gasteiger partial charge in [-0.1, -0.05) is 30.3 Å². The van der Waals surface area contributed by atoms with Crippen LogP contribution >= 0.6 is 0 Å². The molecular formula is C13H16N4O. The van der Waals surface area contributed by atoms with Gasteiger partial charge in [0.05, 0.1) is 6.33 Å². The zero-order chi connectivity index (χ0) is 13.0. The topological polar surface area (TPSA) is 59.0 Å². The second-order valence-electron chi connectivity index (χ2n) is 3.88. The van der Waals surface area contributed by atoms with Crippen LogP contribution in [0.2, 0.25) is 0 Å². The molecule has 0 saturated carbocycles. The van der Waals surface area contributed by atoms with Crippen LogP contribution in [0.4, 0.5) is 5.82 Å². The number of imidazole rings is 1. The van der Waals surface area contributed by atoms with Gasteiger partial charge in [0, 0.05) is 20.6 Å². The third kappa shape index (κ3) is 2.34. The standard InChI is InChI=1S/C13H16N4O/c1-14-12-11(13(18)15-2)17(9-16-12)8-10-6-4-3-5-7-10/h3-7,9,14H,8H2,1-2H3,(H,15,18). The average molecular weight is 244 g/mol. The van der Waals surface area contributed by atoms with E-state index in [-0.39, 0.29) is 5.91 Å². The van der Waals surface area contributed by atoms with E-state index in [1.165, 1.54) is 0 Å². The molecule has 0 bridgehead atoms. The molecule has 94 valence electrons. The molecule has 0 atom stereocenters. The summed E-state index contributed by atoms with van der Waals surface area (Å²) in [5.41, 5.74) is 1.67. The van der Waals surface area contributed by atoms with E-state index in [0.29, 0.717) is 18.1 Å². The molecule has 1 aromatic heterocycles. The highest BCUT2D eigenvalue weighted by atomic mass is 16.1. The summed E-state index contributed by atoms with van der Waals surface area (Å²) in [6.07, 6.45) is 1.67. The Hall–Kier alpha value is -2.30. The van der Waals surface area contributed by atoms with Gasteiger partial charge in [-0.3, -0.25) is 4.79 Å². The molecule has 5 heteroatoms. The second-order valence-corrected chi connectivity index (χ2v) is 3.88. The molecule has 0 spiro atoms. The molecule has 0 unspecified atom stereocenters. The SMILES string of the molecule is CNC(=O)c1c(NC)ncn1Cc1ccccc1. The van der Waals surface area contributed by atoms with Crippen molar-refractivity contribution in [1.82, 2.24) is 14.9 Å². The Morgan fingerprint density at radius 3 is 2.61 bits per heavy atom. The monoisotopic (exact) mass is 244 g/mol. The lowest BCUT2D eigenvalue weighted by Gasteiger charge is -2.08. The fourth-order valence-electron chi connectivity index (χ4n) is 1.82. The van der Waals surface area contributed by atoms with Gasteiger partial charge in [-0.15, -0.1) is 0 Å². The lowest BCUT2D eigenvalue weighted by molar-refractivity contribution is 0.0955. The van der Waals surface area contributed by atoms with Crippen molar-refractivity contribution in [2.45, 2.75) is 6.54 Å². The van der Waals surface area contributed by atoms with Gasteiger partial charge in [-0.25, -0.2) is 4.98 Å². The maximum absolute atomic E-state index is 11.9. The quantitative estimate of drug-likeness (QED) is 0.853. The van der Waals surface area contributed by atoms with Gasteiger partial charge < -0.3 is 15.2 Å². The van der Waals surface area contributed by atoms with Crippen LogP contribution in [0.25, 0.3) is 0 Å². The number of anilines is 1. The van der Waals surface area contributed by atoms with Crippen molar-refractivity contribution in [2.75, 3.05) is 19.4 Å². The molecule has 1 heterocycles. The second kappa shape index (κ2) is 5.35. The molecule has 0 aliphatic heterocycles. The Morgan fingerprint density at radius 1 is 1.28 bits per heavy atom. The van der Waals surface area contributed by atoms with E-state index in [1.54, 1.807) is 20.4 Å². The van der Waals surface area contributed by atoms with E-state index in [9.17, 15) is 4.79 Å². The maximum atomic E-state index is 11.9. The highest BCUT2D eigenvalue weighted by molar-refractivity contribution is 5.97. The minimum absolute atomic E-state index is 0.146. The van der Waals surface area contributed by atoms with Crippen molar-refractivity contribution in [1.29, 1.82) is 0 Å². The van der Waals surface area contributed by atoms with Gasteiger partial charge in [0.15, 0.2) is 11.5 Å². The van der Waals surface area contributed by atoms with Crippen molar-refractivity contribution in [3.8, 4) is 0 Å². The number of carbonyl (C=O) groups is 1. The first kappa shape index (κ1) is 12.2. The van der Waals surface area contributed by atoms with Crippen LogP contribution < -0.4 is 10.6 Å². The molecule has 0 aliphatic rings. The molecule has 5 nitrogen and oxygen atoms in total. The summed E-state index contributed by atoms with van der Waals surface area (Å²) in [7, 11) is 3.36. The smallest absolute Gasteiger partial charge is 0.271 e. The van der Waals surface area contributed by atoms with Gasteiger partial charge in [-0.2, -0.15) is 0 Å². The van der Waals surface area contributed by atoms with Gasteiger partial charge in [-0.05, 0) is 5.56 Å². The first-order valence-electron chi connectivity index (χ1n) is 5.75. The highest BCUT2D eigenvalue weighted by Crippen LogP contribution is 2.14. The summed E-state index contributed by atoms with van der Waals surface area (Å²) < 4.78 is 1.83. The van der Waals surface area contributed by atoms with Crippen molar-refractivity contribution in [3.05, 3.63) is 47.9 Å². The summed E-state index contributed by atoms with van der Waals surface area (Å²) in [5.74, 6) is 0.443. The highest BCUT2D eigenvalue weighted by Gasteiger charge is 2.16. The normalized spacial score (nSPS) is 10.1. The number of nitrogens with one attached hydrogen (secondary N) is 2. The Balaban J connectivity index is 2.33. The first-order valence-corrected chi connectivity index (χ1v) is 5.75. The van der Waals surface area contributed by atoms with Crippen molar-refractivity contribution in [3.63, 3.8) is 0 Å². The molecular weight excluding hydrogens is 228 g/mol. The molecule has 2 aromatic rings. The summed E-state index contributed by atoms with van der Waals surface area (Å²) in [6.45, 7) is 0.623. The summed E-state index contributed by atoms with van der Waals surface area (Å²) in [4.78, 5) is 16.0. The van der Waals surface area contributed by atoms with E-state index in [4.69, 9.17) is 0 Å². The minimum Gasteiger partial charge on any atom is -0.371 e. The predicted octanol–water partition coefficient (Wildman–Crippen LogP) is 1.33. The number of nitrogens with zero attached hydrogens (tertiary/aromatic N) is 2. The van der Waals surface area contributed by atoms with E-state index >= 15 is 0 Å². The molecule has 1 aromatic carbocycles. The molecule has 18 heavy (non-hydrogen) atoms. The van der Waals surface area contributed by atoms with Gasteiger partial charge in [0.25, 0.3) is 5.91 Å². The average Bonchev–Trinajstić information content (AvgIpc) is 2.82. The number of hydrogen-bond acceptors (Lipinski definition) is 3. The van der Waals surface area contributed by atoms with Gasteiger partial charge >= 0.3 is 0 Å². The molecule has 1 amide bonds. The largest absolute Gasteiger partial charge is 0.371 e. The van der Waals surface area contributed by atoms with E-state index < -0.39 is 0 Å². The van der Waals surface area contributed by atoms with Crippen LogP contribution in [0.3, 0.4) is 0 Å². The third-order valence-corrected chi connectivity index (χ3v) is 2.71. The van der Waals surface area contributed by atoms with Crippen LogP contribution in [0.15, 0.2) is 36.7 Å². The maximum Gasteiger partial charge on any atom is 0.271 e. The zero-order valence-electron chi connectivity index (χ0n) is 10.5. The molecule has 0 fully saturated rings. The van der Waals surface area contributed by atoms with Crippen LogP contribution in [-0.2, 0) is 6.54 Å². The minimum atomic E-state index is -0.146. The number of rotatable bonds is 4. The number of aromatic nitrogens is 2.